The van der Waals surface area contributed by atoms with Crippen LogP contribution in [0, 0.1) is 6.92 Å². The van der Waals surface area contributed by atoms with Gasteiger partial charge in [-0.15, -0.1) is 11.3 Å². The van der Waals surface area contributed by atoms with Gasteiger partial charge in [0.2, 0.25) is 11.8 Å². The molecule has 0 unspecified atom stereocenters. The first-order valence-corrected chi connectivity index (χ1v) is 8.96. The molecule has 2 heterocycles. The molecule has 1 fully saturated rings. The Morgan fingerprint density at radius 2 is 2.00 bits per heavy atom. The van der Waals surface area contributed by atoms with E-state index in [1.165, 1.54) is 5.56 Å². The van der Waals surface area contributed by atoms with E-state index in [0.717, 1.165) is 17.1 Å². The maximum absolute atomic E-state index is 12.6. The quantitative estimate of drug-likeness (QED) is 0.837. The molecule has 3 rings (SSSR count). The van der Waals surface area contributed by atoms with Crippen molar-refractivity contribution in [1.29, 1.82) is 0 Å². The average molecular weight is 343 g/mol. The minimum Gasteiger partial charge on any atom is -0.331 e. The van der Waals surface area contributed by atoms with Crippen LogP contribution in [-0.4, -0.2) is 45.7 Å². The number of hydrogen-bond acceptors (Lipinski definition) is 4. The zero-order valence-corrected chi connectivity index (χ0v) is 14.8. The standard InChI is InChI=1S/C18H21N3O2S/c1-13-18(23)20(9-8-15-6-4-3-5-7-15)11-17(22)21(13)10-16-12-24-14(2)19-16/h3-7,12-13H,8-11H2,1-2H3/t13-/m0/s1. The van der Waals surface area contributed by atoms with Crippen LogP contribution in [0.15, 0.2) is 35.7 Å². The monoisotopic (exact) mass is 343 g/mol. The zero-order chi connectivity index (χ0) is 17.1. The van der Waals surface area contributed by atoms with Crippen LogP contribution in [-0.2, 0) is 22.6 Å². The summed E-state index contributed by atoms with van der Waals surface area (Å²) in [6, 6.07) is 9.58. The zero-order valence-electron chi connectivity index (χ0n) is 13.9. The number of rotatable bonds is 5. The topological polar surface area (TPSA) is 53.5 Å². The van der Waals surface area contributed by atoms with Crippen molar-refractivity contribution >= 4 is 23.2 Å². The van der Waals surface area contributed by atoms with Crippen molar-refractivity contribution in [1.82, 2.24) is 14.8 Å². The van der Waals surface area contributed by atoms with Crippen LogP contribution < -0.4 is 0 Å². The minimum atomic E-state index is -0.441. The van der Waals surface area contributed by atoms with Gasteiger partial charge in [0.05, 0.1) is 23.8 Å². The largest absolute Gasteiger partial charge is 0.331 e. The summed E-state index contributed by atoms with van der Waals surface area (Å²) in [6.07, 6.45) is 0.762. The number of thiazole rings is 1. The Kier molecular flexibility index (Phi) is 4.94. The molecule has 1 aliphatic rings. The highest BCUT2D eigenvalue weighted by Crippen LogP contribution is 2.18. The fraction of sp³-hybridized carbons (Fsp3) is 0.389. The number of aryl methyl sites for hydroxylation is 1. The highest BCUT2D eigenvalue weighted by Gasteiger charge is 2.36. The Hall–Kier alpha value is -2.21. The van der Waals surface area contributed by atoms with E-state index in [0.29, 0.717) is 13.1 Å². The Morgan fingerprint density at radius 3 is 2.67 bits per heavy atom. The lowest BCUT2D eigenvalue weighted by Crippen LogP contribution is -2.58. The smallest absolute Gasteiger partial charge is 0.245 e. The van der Waals surface area contributed by atoms with E-state index in [-0.39, 0.29) is 18.4 Å². The van der Waals surface area contributed by atoms with Crippen molar-refractivity contribution in [2.24, 2.45) is 0 Å². The SMILES string of the molecule is Cc1nc(CN2C(=O)CN(CCc3ccccc3)C(=O)[C@@H]2C)cs1. The lowest BCUT2D eigenvalue weighted by molar-refractivity contribution is -0.155. The van der Waals surface area contributed by atoms with Gasteiger partial charge in [-0.3, -0.25) is 9.59 Å². The number of amides is 2. The van der Waals surface area contributed by atoms with Crippen LogP contribution >= 0.6 is 11.3 Å². The molecule has 1 aliphatic heterocycles. The highest BCUT2D eigenvalue weighted by atomic mass is 32.1. The van der Waals surface area contributed by atoms with E-state index >= 15 is 0 Å². The number of aromatic nitrogens is 1. The van der Waals surface area contributed by atoms with Crippen LogP contribution in [0.1, 0.15) is 23.2 Å². The minimum absolute atomic E-state index is 0.0116. The number of nitrogens with zero attached hydrogens (tertiary/aromatic N) is 3. The van der Waals surface area contributed by atoms with Gasteiger partial charge in [-0.05, 0) is 25.8 Å². The van der Waals surface area contributed by atoms with Crippen molar-refractivity contribution < 1.29 is 9.59 Å². The molecule has 2 amide bonds. The molecule has 6 heteroatoms. The summed E-state index contributed by atoms with van der Waals surface area (Å²) in [5.74, 6) is -0.00158. The van der Waals surface area contributed by atoms with Gasteiger partial charge in [0.15, 0.2) is 0 Å². The fourth-order valence-electron chi connectivity index (χ4n) is 2.92. The first kappa shape index (κ1) is 16.6. The molecule has 1 aromatic carbocycles. The number of carbonyl (C=O) groups excluding carboxylic acids is 2. The van der Waals surface area contributed by atoms with Crippen LogP contribution in [0.25, 0.3) is 0 Å². The van der Waals surface area contributed by atoms with Gasteiger partial charge in [0.1, 0.15) is 6.04 Å². The van der Waals surface area contributed by atoms with Crippen molar-refractivity contribution in [3.8, 4) is 0 Å². The molecular formula is C18H21N3O2S. The number of benzene rings is 1. The third kappa shape index (κ3) is 3.64. The van der Waals surface area contributed by atoms with Gasteiger partial charge in [-0.1, -0.05) is 30.3 Å². The third-order valence-corrected chi connectivity index (χ3v) is 5.12. The molecular weight excluding hydrogens is 322 g/mol. The molecule has 0 N–H and O–H groups in total. The summed E-state index contributed by atoms with van der Waals surface area (Å²) in [6.45, 7) is 4.87. The first-order valence-electron chi connectivity index (χ1n) is 8.08. The summed E-state index contributed by atoms with van der Waals surface area (Å²) < 4.78 is 0. The van der Waals surface area contributed by atoms with Crippen molar-refractivity contribution in [2.75, 3.05) is 13.1 Å². The summed E-state index contributed by atoms with van der Waals surface area (Å²) in [4.78, 5) is 32.8. The van der Waals surface area contributed by atoms with E-state index in [1.807, 2.05) is 42.6 Å². The molecule has 0 spiro atoms. The second-order valence-corrected chi connectivity index (χ2v) is 7.11. The van der Waals surface area contributed by atoms with Crippen LogP contribution in [0.2, 0.25) is 0 Å². The Balaban J connectivity index is 1.63. The average Bonchev–Trinajstić information content (AvgIpc) is 3.00. The van der Waals surface area contributed by atoms with E-state index in [4.69, 9.17) is 0 Å². The highest BCUT2D eigenvalue weighted by molar-refractivity contribution is 7.09. The predicted octanol–water partition coefficient (Wildman–Crippen LogP) is 2.25. The Bertz CT molecular complexity index is 729. The Labute approximate surface area is 145 Å². The van der Waals surface area contributed by atoms with E-state index in [9.17, 15) is 9.59 Å². The lowest BCUT2D eigenvalue weighted by atomic mass is 10.1. The van der Waals surface area contributed by atoms with Gasteiger partial charge in [0, 0.05) is 11.9 Å². The predicted molar refractivity (Wildman–Crippen MR) is 93.6 cm³/mol. The Morgan fingerprint density at radius 1 is 1.25 bits per heavy atom. The molecule has 126 valence electrons. The van der Waals surface area contributed by atoms with Crippen LogP contribution in [0.5, 0.6) is 0 Å². The number of hydrogen-bond donors (Lipinski definition) is 0. The molecule has 0 radical (unpaired) electrons. The first-order chi connectivity index (χ1) is 11.5. The fourth-order valence-corrected chi connectivity index (χ4v) is 3.53. The number of piperazine rings is 1. The summed E-state index contributed by atoms with van der Waals surface area (Å²) in [5.41, 5.74) is 2.02. The molecule has 1 saturated heterocycles. The summed E-state index contributed by atoms with van der Waals surface area (Å²) >= 11 is 1.56. The van der Waals surface area contributed by atoms with Gasteiger partial charge in [-0.25, -0.2) is 4.98 Å². The molecule has 0 bridgehead atoms. The van der Waals surface area contributed by atoms with E-state index in [2.05, 4.69) is 4.98 Å². The molecule has 0 aliphatic carbocycles. The second-order valence-electron chi connectivity index (χ2n) is 6.05. The van der Waals surface area contributed by atoms with Gasteiger partial charge >= 0.3 is 0 Å². The number of carbonyl (C=O) groups is 2. The molecule has 24 heavy (non-hydrogen) atoms. The van der Waals surface area contributed by atoms with E-state index < -0.39 is 6.04 Å². The maximum Gasteiger partial charge on any atom is 0.245 e. The maximum atomic E-state index is 12.6. The van der Waals surface area contributed by atoms with E-state index in [1.54, 1.807) is 28.1 Å². The lowest BCUT2D eigenvalue weighted by Gasteiger charge is -2.38. The second kappa shape index (κ2) is 7.13. The molecule has 1 aromatic heterocycles. The molecule has 5 nitrogen and oxygen atoms in total. The van der Waals surface area contributed by atoms with Gasteiger partial charge < -0.3 is 9.80 Å². The molecule has 0 saturated carbocycles. The van der Waals surface area contributed by atoms with Gasteiger partial charge in [0.25, 0.3) is 0 Å². The van der Waals surface area contributed by atoms with Crippen molar-refractivity contribution in [2.45, 2.75) is 32.9 Å². The van der Waals surface area contributed by atoms with Crippen LogP contribution in [0.4, 0.5) is 0 Å². The van der Waals surface area contributed by atoms with Gasteiger partial charge in [-0.2, -0.15) is 0 Å². The van der Waals surface area contributed by atoms with Crippen molar-refractivity contribution in [3.05, 3.63) is 52.0 Å². The summed E-state index contributed by atoms with van der Waals surface area (Å²) in [7, 11) is 0. The third-order valence-electron chi connectivity index (χ3n) is 4.30. The summed E-state index contributed by atoms with van der Waals surface area (Å²) in [5, 5.41) is 2.92. The molecule has 1 atom stereocenters. The van der Waals surface area contributed by atoms with Crippen molar-refractivity contribution in [3.63, 3.8) is 0 Å². The van der Waals surface area contributed by atoms with Crippen LogP contribution in [0.3, 0.4) is 0 Å². The normalized spacial score (nSPS) is 18.3. The molecule has 2 aromatic rings.